The first-order valence-electron chi connectivity index (χ1n) is 5.63. The quantitative estimate of drug-likeness (QED) is 0.401. The van der Waals surface area contributed by atoms with Crippen LogP contribution in [-0.4, -0.2) is 60.0 Å². The molecule has 4 atom stereocenters. The average molecular weight is 284 g/mol. The first kappa shape index (κ1) is 12.8. The van der Waals surface area contributed by atoms with Crippen LogP contribution in [0, 0.1) is 0 Å². The van der Waals surface area contributed by atoms with Crippen molar-refractivity contribution < 1.29 is 20.1 Å². The van der Waals surface area contributed by atoms with Crippen LogP contribution in [0.1, 0.15) is 6.23 Å². The van der Waals surface area contributed by atoms with Gasteiger partial charge >= 0.3 is 0 Å². The lowest BCUT2D eigenvalue weighted by molar-refractivity contribution is -0.0566. The third-order valence-corrected chi connectivity index (χ3v) is 3.48. The summed E-state index contributed by atoms with van der Waals surface area (Å²) in [7, 11) is 0. The summed E-state index contributed by atoms with van der Waals surface area (Å²) in [6, 6.07) is 0. The summed E-state index contributed by atoms with van der Waals surface area (Å²) in [6.07, 6.45) is -1.30. The smallest absolute Gasteiger partial charge is 0.181 e. The summed E-state index contributed by atoms with van der Waals surface area (Å²) >= 11 is 4.19. The Hall–Kier alpha value is -1.26. The zero-order valence-electron chi connectivity index (χ0n) is 9.66. The topological polar surface area (TPSA) is 114 Å². The zero-order valence-corrected chi connectivity index (χ0v) is 10.6. The molecule has 102 valence electrons. The van der Waals surface area contributed by atoms with Gasteiger partial charge in [0.05, 0.1) is 18.2 Å². The van der Waals surface area contributed by atoms with Crippen LogP contribution in [-0.2, 0) is 4.74 Å². The van der Waals surface area contributed by atoms with Crippen molar-refractivity contribution in [1.82, 2.24) is 19.7 Å². The zero-order chi connectivity index (χ0) is 13.6. The third-order valence-electron chi connectivity index (χ3n) is 3.13. The van der Waals surface area contributed by atoms with Gasteiger partial charge in [0, 0.05) is 0 Å². The minimum atomic E-state index is -1.20. The molecule has 2 unspecified atom stereocenters. The summed E-state index contributed by atoms with van der Waals surface area (Å²) in [5, 5.41) is 33.9. The molecule has 3 heterocycles. The fourth-order valence-corrected chi connectivity index (χ4v) is 2.33. The average Bonchev–Trinajstić information content (AvgIpc) is 2.94. The lowest BCUT2D eigenvalue weighted by Gasteiger charge is -2.15. The number of nitrogens with zero attached hydrogens (tertiary/aromatic N) is 4. The lowest BCUT2D eigenvalue weighted by atomic mass is 10.1. The lowest BCUT2D eigenvalue weighted by Crippen LogP contribution is -2.33. The highest BCUT2D eigenvalue weighted by molar-refractivity contribution is 7.80. The van der Waals surface area contributed by atoms with E-state index in [9.17, 15) is 10.2 Å². The Labute approximate surface area is 113 Å². The molecule has 0 bridgehead atoms. The minimum Gasteiger partial charge on any atom is -0.394 e. The van der Waals surface area contributed by atoms with Crippen molar-refractivity contribution in [3.63, 3.8) is 0 Å². The van der Waals surface area contributed by atoms with E-state index in [0.717, 1.165) is 0 Å². The molecule has 1 saturated heterocycles. The second-order valence-electron chi connectivity index (χ2n) is 4.25. The van der Waals surface area contributed by atoms with Gasteiger partial charge in [-0.2, -0.15) is 5.10 Å². The molecule has 0 amide bonds. The van der Waals surface area contributed by atoms with E-state index < -0.39 is 24.5 Å². The Morgan fingerprint density at radius 3 is 2.79 bits per heavy atom. The van der Waals surface area contributed by atoms with Crippen molar-refractivity contribution in [2.24, 2.45) is 0 Å². The van der Waals surface area contributed by atoms with E-state index in [2.05, 4.69) is 27.7 Å². The van der Waals surface area contributed by atoms with Crippen LogP contribution in [0.3, 0.4) is 0 Å². The first-order chi connectivity index (χ1) is 9.13. The van der Waals surface area contributed by atoms with Crippen LogP contribution in [0.4, 0.5) is 0 Å². The maximum Gasteiger partial charge on any atom is 0.181 e. The number of aliphatic hydroxyl groups excluding tert-OH is 3. The summed E-state index contributed by atoms with van der Waals surface area (Å²) < 4.78 is 6.74. The number of hydrogen-bond acceptors (Lipinski definition) is 8. The van der Waals surface area contributed by atoms with Gasteiger partial charge < -0.3 is 20.1 Å². The standard InChI is InChI=1S/C10H12N4O4S/c15-2-5-6(16)7(17)10(18-5)14-8-4(1-13-14)9(19)12-3-11-8/h1,3,5-7,10,15-17H,2H2,(H,11,12,19)/t5-,6?,7?,10-/m0/s1. The molecule has 0 saturated carbocycles. The molecule has 1 fully saturated rings. The first-order valence-corrected chi connectivity index (χ1v) is 6.08. The van der Waals surface area contributed by atoms with Crippen LogP contribution in [0.25, 0.3) is 11.0 Å². The van der Waals surface area contributed by atoms with Crippen LogP contribution < -0.4 is 0 Å². The molecule has 1 aliphatic heterocycles. The van der Waals surface area contributed by atoms with Gasteiger partial charge in [0.2, 0.25) is 0 Å². The van der Waals surface area contributed by atoms with Gasteiger partial charge in [0.1, 0.15) is 29.7 Å². The molecule has 3 N–H and O–H groups in total. The van der Waals surface area contributed by atoms with Crippen molar-refractivity contribution in [1.29, 1.82) is 0 Å². The fraction of sp³-hybridized carbons (Fsp3) is 0.500. The number of aromatic nitrogens is 4. The molecular weight excluding hydrogens is 272 g/mol. The van der Waals surface area contributed by atoms with Crippen molar-refractivity contribution in [3.8, 4) is 0 Å². The summed E-state index contributed by atoms with van der Waals surface area (Å²) in [6.45, 7) is -0.388. The second-order valence-corrected chi connectivity index (χ2v) is 4.68. The Morgan fingerprint density at radius 2 is 2.11 bits per heavy atom. The minimum absolute atomic E-state index is 0.388. The van der Waals surface area contributed by atoms with Crippen LogP contribution >= 0.6 is 12.6 Å². The van der Waals surface area contributed by atoms with Crippen LogP contribution in [0.2, 0.25) is 0 Å². The summed E-state index contributed by atoms with van der Waals surface area (Å²) in [4.78, 5) is 7.98. The van der Waals surface area contributed by atoms with E-state index in [1.807, 2.05) is 0 Å². The fourth-order valence-electron chi connectivity index (χ4n) is 2.12. The van der Waals surface area contributed by atoms with Gasteiger partial charge in [-0.15, -0.1) is 12.6 Å². The molecule has 2 aromatic heterocycles. The Kier molecular flexibility index (Phi) is 3.15. The number of hydrogen-bond donors (Lipinski definition) is 4. The molecule has 0 spiro atoms. The molecule has 0 aromatic carbocycles. The largest absolute Gasteiger partial charge is 0.394 e. The Balaban J connectivity index is 2.04. The maximum atomic E-state index is 9.95. The van der Waals surface area contributed by atoms with Crippen molar-refractivity contribution in [3.05, 3.63) is 12.5 Å². The van der Waals surface area contributed by atoms with Crippen molar-refractivity contribution in [2.45, 2.75) is 29.6 Å². The normalized spacial score (nSPS) is 31.2. The van der Waals surface area contributed by atoms with E-state index in [-0.39, 0.29) is 6.61 Å². The molecule has 19 heavy (non-hydrogen) atoms. The predicted octanol–water partition coefficient (Wildman–Crippen LogP) is -1.27. The highest BCUT2D eigenvalue weighted by Gasteiger charge is 2.44. The van der Waals surface area contributed by atoms with Crippen LogP contribution in [0.15, 0.2) is 17.6 Å². The van der Waals surface area contributed by atoms with Gasteiger partial charge in [0.25, 0.3) is 0 Å². The van der Waals surface area contributed by atoms with E-state index in [4.69, 9.17) is 9.84 Å². The van der Waals surface area contributed by atoms with Gasteiger partial charge in [-0.3, -0.25) is 0 Å². The number of aliphatic hydroxyl groups is 3. The number of ether oxygens (including phenoxy) is 1. The molecular formula is C10H12N4O4S. The SMILES string of the molecule is OC[C@@H]1O[C@H](n2ncc3c(S)ncnc32)C(O)C1O. The number of fused-ring (bicyclic) bond motifs is 1. The van der Waals surface area contributed by atoms with Gasteiger partial charge in [-0.05, 0) is 0 Å². The molecule has 9 heteroatoms. The molecule has 0 aliphatic carbocycles. The van der Waals surface area contributed by atoms with E-state index in [1.54, 1.807) is 0 Å². The molecule has 2 aromatic rings. The van der Waals surface area contributed by atoms with Gasteiger partial charge in [0.15, 0.2) is 11.9 Å². The maximum absolute atomic E-state index is 9.95. The Bertz CT molecular complexity index is 606. The van der Waals surface area contributed by atoms with E-state index >= 15 is 0 Å². The molecule has 3 rings (SSSR count). The second kappa shape index (κ2) is 4.69. The van der Waals surface area contributed by atoms with Gasteiger partial charge in [-0.25, -0.2) is 14.6 Å². The van der Waals surface area contributed by atoms with Gasteiger partial charge in [-0.1, -0.05) is 0 Å². The third kappa shape index (κ3) is 1.90. The van der Waals surface area contributed by atoms with E-state index in [0.29, 0.717) is 16.1 Å². The Morgan fingerprint density at radius 1 is 1.32 bits per heavy atom. The highest BCUT2D eigenvalue weighted by atomic mass is 32.1. The van der Waals surface area contributed by atoms with Crippen molar-refractivity contribution in [2.75, 3.05) is 6.61 Å². The monoisotopic (exact) mass is 284 g/mol. The predicted molar refractivity (Wildman–Crippen MR) is 65.6 cm³/mol. The molecule has 0 radical (unpaired) electrons. The summed E-state index contributed by atoms with van der Waals surface area (Å²) in [5.41, 5.74) is 0.440. The van der Waals surface area contributed by atoms with Crippen molar-refractivity contribution >= 4 is 23.7 Å². The number of rotatable bonds is 2. The summed E-state index contributed by atoms with van der Waals surface area (Å²) in [5.74, 6) is 0. The highest BCUT2D eigenvalue weighted by Crippen LogP contribution is 2.31. The van der Waals surface area contributed by atoms with E-state index in [1.165, 1.54) is 17.2 Å². The van der Waals surface area contributed by atoms with Crippen LogP contribution in [0.5, 0.6) is 0 Å². The molecule has 8 nitrogen and oxygen atoms in total. The number of thiol groups is 1. The molecule has 1 aliphatic rings.